The van der Waals surface area contributed by atoms with Crippen molar-refractivity contribution in [3.05, 3.63) is 11.8 Å². The highest BCUT2D eigenvalue weighted by molar-refractivity contribution is 8.00. The third-order valence-electron chi connectivity index (χ3n) is 3.13. The molecular formula is C13H23N3OS. The second kappa shape index (κ2) is 5.21. The van der Waals surface area contributed by atoms with Gasteiger partial charge in [-0.1, -0.05) is 0 Å². The molecule has 0 amide bonds. The van der Waals surface area contributed by atoms with E-state index >= 15 is 0 Å². The van der Waals surface area contributed by atoms with E-state index in [0.717, 1.165) is 31.2 Å². The molecule has 4 nitrogen and oxygen atoms in total. The average molecular weight is 269 g/mol. The molecule has 18 heavy (non-hydrogen) atoms. The summed E-state index contributed by atoms with van der Waals surface area (Å²) < 4.78 is 5.85. The van der Waals surface area contributed by atoms with Crippen LogP contribution in [0.15, 0.2) is 4.42 Å². The maximum Gasteiger partial charge on any atom is 0.232 e. The molecule has 102 valence electrons. The molecule has 5 heteroatoms. The summed E-state index contributed by atoms with van der Waals surface area (Å²) in [5.74, 6) is 2.74. The Morgan fingerprint density at radius 1 is 1.39 bits per heavy atom. The van der Waals surface area contributed by atoms with Crippen LogP contribution in [0, 0.1) is 0 Å². The molecule has 1 N–H and O–H groups in total. The Morgan fingerprint density at radius 3 is 2.78 bits per heavy atom. The molecule has 2 rings (SSSR count). The first kappa shape index (κ1) is 13.9. The van der Waals surface area contributed by atoms with Gasteiger partial charge in [-0.05, 0) is 46.3 Å². The van der Waals surface area contributed by atoms with Gasteiger partial charge in [0.05, 0.1) is 4.75 Å². The predicted octanol–water partition coefficient (Wildman–Crippen LogP) is 2.74. The van der Waals surface area contributed by atoms with Crippen molar-refractivity contribution in [1.29, 1.82) is 0 Å². The summed E-state index contributed by atoms with van der Waals surface area (Å²) in [5.41, 5.74) is 0.135. The molecule has 1 atom stereocenters. The zero-order valence-corrected chi connectivity index (χ0v) is 12.6. The monoisotopic (exact) mass is 269 g/mol. The fourth-order valence-corrected chi connectivity index (χ4v) is 3.29. The molecule has 1 unspecified atom stereocenters. The largest absolute Gasteiger partial charge is 0.424 e. The maximum absolute atomic E-state index is 5.80. The van der Waals surface area contributed by atoms with Crippen LogP contribution >= 0.6 is 11.8 Å². The van der Waals surface area contributed by atoms with Gasteiger partial charge in [-0.25, -0.2) is 0 Å². The lowest BCUT2D eigenvalue weighted by atomic mass is 10.1. The number of thioether (sulfide) groups is 1. The highest BCUT2D eigenvalue weighted by Crippen LogP contribution is 2.45. The van der Waals surface area contributed by atoms with Crippen molar-refractivity contribution >= 4 is 11.8 Å². The fourth-order valence-electron chi connectivity index (χ4n) is 2.06. The molecule has 0 radical (unpaired) electrons. The minimum absolute atomic E-state index is 0.0444. The number of hydrogen-bond donors (Lipinski definition) is 1. The average Bonchev–Trinajstić information content (AvgIpc) is 2.86. The summed E-state index contributed by atoms with van der Waals surface area (Å²) >= 11 is 1.93. The van der Waals surface area contributed by atoms with Gasteiger partial charge in [0, 0.05) is 18.5 Å². The Morgan fingerprint density at radius 2 is 2.17 bits per heavy atom. The molecule has 0 saturated carbocycles. The minimum Gasteiger partial charge on any atom is -0.424 e. The van der Waals surface area contributed by atoms with Crippen LogP contribution in [0.2, 0.25) is 0 Å². The summed E-state index contributed by atoms with van der Waals surface area (Å²) in [6.07, 6.45) is 3.18. The Hall–Kier alpha value is -0.550. The van der Waals surface area contributed by atoms with Gasteiger partial charge in [0.2, 0.25) is 11.8 Å². The van der Waals surface area contributed by atoms with Crippen LogP contribution in [-0.4, -0.2) is 28.0 Å². The van der Waals surface area contributed by atoms with Gasteiger partial charge in [-0.2, -0.15) is 0 Å². The number of nitrogens with one attached hydrogen (secondary N) is 1. The van der Waals surface area contributed by atoms with Crippen molar-refractivity contribution in [1.82, 2.24) is 15.5 Å². The summed E-state index contributed by atoms with van der Waals surface area (Å²) in [5, 5.41) is 11.8. The summed E-state index contributed by atoms with van der Waals surface area (Å²) in [6.45, 7) is 9.54. The highest BCUT2D eigenvalue weighted by Gasteiger charge is 2.36. The van der Waals surface area contributed by atoms with E-state index in [1.54, 1.807) is 0 Å². The molecule has 1 aromatic rings. The number of hydrogen-bond acceptors (Lipinski definition) is 5. The van der Waals surface area contributed by atoms with E-state index in [-0.39, 0.29) is 10.3 Å². The Labute approximate surface area is 113 Å². The van der Waals surface area contributed by atoms with Crippen molar-refractivity contribution in [3.8, 4) is 0 Å². The molecule has 1 fully saturated rings. The number of nitrogens with zero attached hydrogens (tertiary/aromatic N) is 2. The normalized spacial score (nSPS) is 24.7. The van der Waals surface area contributed by atoms with Gasteiger partial charge in [-0.15, -0.1) is 22.0 Å². The van der Waals surface area contributed by atoms with E-state index in [2.05, 4.69) is 43.2 Å². The third kappa shape index (κ3) is 3.48. The second-order valence-corrected chi connectivity index (χ2v) is 7.71. The fraction of sp³-hybridized carbons (Fsp3) is 0.846. The maximum atomic E-state index is 5.80. The van der Waals surface area contributed by atoms with Gasteiger partial charge in [0.25, 0.3) is 0 Å². The first-order valence-corrected chi connectivity index (χ1v) is 7.59. The van der Waals surface area contributed by atoms with Crippen LogP contribution in [-0.2, 0) is 11.2 Å². The van der Waals surface area contributed by atoms with Gasteiger partial charge < -0.3 is 9.73 Å². The van der Waals surface area contributed by atoms with E-state index in [0.29, 0.717) is 0 Å². The van der Waals surface area contributed by atoms with Gasteiger partial charge in [0.1, 0.15) is 0 Å². The summed E-state index contributed by atoms with van der Waals surface area (Å²) in [4.78, 5) is 0. The Bertz CT molecular complexity index is 391. The molecule has 0 spiro atoms. The lowest BCUT2D eigenvalue weighted by molar-refractivity contribution is 0.381. The molecule has 1 aliphatic rings. The standard InChI is InChI=1S/C13H23N3OS/c1-12(2,3)14-8-6-10-15-16-11(17-10)13(4)7-5-9-18-13/h14H,5-9H2,1-4H3. The Kier molecular flexibility index (Phi) is 4.02. The van der Waals surface area contributed by atoms with E-state index < -0.39 is 0 Å². The van der Waals surface area contributed by atoms with Crippen molar-refractivity contribution in [2.75, 3.05) is 12.3 Å². The first-order chi connectivity index (χ1) is 8.39. The molecule has 1 aromatic heterocycles. The van der Waals surface area contributed by atoms with E-state index in [1.165, 1.54) is 12.2 Å². The molecule has 2 heterocycles. The SMILES string of the molecule is CC(C)(C)NCCc1nnc(C2(C)CCCS2)o1. The second-order valence-electron chi connectivity index (χ2n) is 6.11. The van der Waals surface area contributed by atoms with Crippen molar-refractivity contribution < 1.29 is 4.42 Å². The summed E-state index contributed by atoms with van der Waals surface area (Å²) in [6, 6.07) is 0. The van der Waals surface area contributed by atoms with Crippen molar-refractivity contribution in [2.24, 2.45) is 0 Å². The van der Waals surface area contributed by atoms with Crippen LogP contribution in [0.1, 0.15) is 52.3 Å². The number of aromatic nitrogens is 2. The van der Waals surface area contributed by atoms with Gasteiger partial charge in [-0.3, -0.25) is 0 Å². The minimum atomic E-state index is 0.0444. The molecular weight excluding hydrogens is 246 g/mol. The first-order valence-electron chi connectivity index (χ1n) is 6.61. The highest BCUT2D eigenvalue weighted by atomic mass is 32.2. The van der Waals surface area contributed by atoms with Crippen LogP contribution in [0.25, 0.3) is 0 Å². The molecule has 1 saturated heterocycles. The quantitative estimate of drug-likeness (QED) is 0.911. The Balaban J connectivity index is 1.90. The lowest BCUT2D eigenvalue weighted by Gasteiger charge is -2.19. The van der Waals surface area contributed by atoms with Crippen LogP contribution in [0.5, 0.6) is 0 Å². The molecule has 0 aliphatic carbocycles. The molecule has 0 aromatic carbocycles. The van der Waals surface area contributed by atoms with E-state index in [9.17, 15) is 0 Å². The van der Waals surface area contributed by atoms with Crippen LogP contribution in [0.4, 0.5) is 0 Å². The number of rotatable bonds is 4. The van der Waals surface area contributed by atoms with Crippen LogP contribution < -0.4 is 5.32 Å². The lowest BCUT2D eigenvalue weighted by Crippen LogP contribution is -2.37. The van der Waals surface area contributed by atoms with Crippen LogP contribution in [0.3, 0.4) is 0 Å². The van der Waals surface area contributed by atoms with Crippen molar-refractivity contribution in [2.45, 2.75) is 57.2 Å². The predicted molar refractivity (Wildman–Crippen MR) is 74.8 cm³/mol. The zero-order valence-electron chi connectivity index (χ0n) is 11.7. The topological polar surface area (TPSA) is 51.0 Å². The third-order valence-corrected chi connectivity index (χ3v) is 4.64. The summed E-state index contributed by atoms with van der Waals surface area (Å²) in [7, 11) is 0. The van der Waals surface area contributed by atoms with Gasteiger partial charge in [0.15, 0.2) is 0 Å². The van der Waals surface area contributed by atoms with E-state index in [4.69, 9.17) is 4.42 Å². The van der Waals surface area contributed by atoms with E-state index in [1.807, 2.05) is 11.8 Å². The smallest absolute Gasteiger partial charge is 0.232 e. The van der Waals surface area contributed by atoms with Gasteiger partial charge >= 0.3 is 0 Å². The zero-order chi connectivity index (χ0) is 13.2. The molecule has 1 aliphatic heterocycles. The molecule has 0 bridgehead atoms. The van der Waals surface area contributed by atoms with Crippen molar-refractivity contribution in [3.63, 3.8) is 0 Å².